The minimum atomic E-state index is -2.90. The van der Waals surface area contributed by atoms with E-state index in [0.29, 0.717) is 5.39 Å². The first-order valence-electron chi connectivity index (χ1n) is 4.66. The van der Waals surface area contributed by atoms with E-state index in [1.807, 2.05) is 0 Å². The summed E-state index contributed by atoms with van der Waals surface area (Å²) in [6.45, 7) is 0.180. The molecule has 0 aromatic carbocycles. The monoisotopic (exact) mass is 242 g/mol. The lowest BCUT2D eigenvalue weighted by molar-refractivity contribution is 0.000758. The van der Waals surface area contributed by atoms with Crippen LogP contribution in [0.2, 0.25) is 0 Å². The fourth-order valence-electron chi connectivity index (χ4n) is 1.33. The number of carboxylic acids is 1. The van der Waals surface area contributed by atoms with Gasteiger partial charge in [-0.05, 0) is 0 Å². The third-order valence-electron chi connectivity index (χ3n) is 1.94. The minimum Gasteiger partial charge on any atom is -0.475 e. The van der Waals surface area contributed by atoms with Gasteiger partial charge in [0.05, 0.1) is 5.39 Å². The standard InChI is InChI=1S/C9H8F2N4O2/c1-9(10,11)4-15-3-5-2-12-7(8(16)17)13-6(5)14-15/h2-3H,4H2,1H3,(H,16,17). The Kier molecular flexibility index (Phi) is 2.49. The molecule has 0 bridgehead atoms. The van der Waals surface area contributed by atoms with Crippen molar-refractivity contribution in [2.45, 2.75) is 19.4 Å². The molecule has 17 heavy (non-hydrogen) atoms. The predicted molar refractivity (Wildman–Crippen MR) is 52.9 cm³/mol. The van der Waals surface area contributed by atoms with E-state index in [1.54, 1.807) is 0 Å². The molecule has 8 heteroatoms. The highest BCUT2D eigenvalue weighted by molar-refractivity contribution is 5.85. The van der Waals surface area contributed by atoms with Crippen LogP contribution in [0.15, 0.2) is 12.4 Å². The van der Waals surface area contributed by atoms with Crippen molar-refractivity contribution < 1.29 is 18.7 Å². The minimum absolute atomic E-state index is 0.0849. The van der Waals surface area contributed by atoms with E-state index in [0.717, 1.165) is 11.6 Å². The Labute approximate surface area is 93.9 Å². The molecule has 2 heterocycles. The third kappa shape index (κ3) is 2.52. The van der Waals surface area contributed by atoms with Gasteiger partial charge in [-0.15, -0.1) is 0 Å². The molecule has 0 amide bonds. The number of carboxylic acid groups (broad SMARTS) is 1. The zero-order valence-corrected chi connectivity index (χ0v) is 8.76. The van der Waals surface area contributed by atoms with Crippen molar-refractivity contribution in [3.05, 3.63) is 18.2 Å². The molecule has 0 saturated heterocycles. The van der Waals surface area contributed by atoms with Gasteiger partial charge >= 0.3 is 5.97 Å². The molecule has 1 N–H and O–H groups in total. The summed E-state index contributed by atoms with van der Waals surface area (Å²) in [6.07, 6.45) is 2.58. The number of hydrogen-bond donors (Lipinski definition) is 1. The highest BCUT2D eigenvalue weighted by atomic mass is 19.3. The Morgan fingerprint density at radius 3 is 2.88 bits per heavy atom. The first kappa shape index (κ1) is 11.4. The number of fused-ring (bicyclic) bond motifs is 1. The highest BCUT2D eigenvalue weighted by Crippen LogP contribution is 2.16. The molecule has 2 aromatic heterocycles. The van der Waals surface area contributed by atoms with Crippen LogP contribution in [0.1, 0.15) is 17.5 Å². The van der Waals surface area contributed by atoms with Crippen molar-refractivity contribution in [2.75, 3.05) is 0 Å². The summed E-state index contributed by atoms with van der Waals surface area (Å²) in [7, 11) is 0. The Morgan fingerprint density at radius 2 is 2.29 bits per heavy atom. The molecule has 0 fully saturated rings. The number of nitrogens with zero attached hydrogens (tertiary/aromatic N) is 4. The molecular weight excluding hydrogens is 234 g/mol. The molecular formula is C9H8F2N4O2. The molecule has 0 unspecified atom stereocenters. The highest BCUT2D eigenvalue weighted by Gasteiger charge is 2.22. The van der Waals surface area contributed by atoms with Crippen LogP contribution in [0.3, 0.4) is 0 Å². The lowest BCUT2D eigenvalue weighted by Crippen LogP contribution is -2.19. The second-order valence-electron chi connectivity index (χ2n) is 3.67. The van der Waals surface area contributed by atoms with E-state index >= 15 is 0 Å². The first-order chi connectivity index (χ1) is 7.85. The van der Waals surface area contributed by atoms with Crippen molar-refractivity contribution in [1.82, 2.24) is 19.7 Å². The van der Waals surface area contributed by atoms with Crippen molar-refractivity contribution in [2.24, 2.45) is 0 Å². The molecule has 90 valence electrons. The molecule has 0 aliphatic heterocycles. The molecule has 0 aliphatic rings. The number of alkyl halides is 2. The molecule has 0 radical (unpaired) electrons. The second kappa shape index (κ2) is 3.72. The third-order valence-corrected chi connectivity index (χ3v) is 1.94. The number of rotatable bonds is 3. The summed E-state index contributed by atoms with van der Waals surface area (Å²) < 4.78 is 26.5. The van der Waals surface area contributed by atoms with Crippen LogP contribution >= 0.6 is 0 Å². The van der Waals surface area contributed by atoms with E-state index in [-0.39, 0.29) is 5.65 Å². The average molecular weight is 242 g/mol. The zero-order valence-electron chi connectivity index (χ0n) is 8.76. The summed E-state index contributed by atoms with van der Waals surface area (Å²) in [5.41, 5.74) is 0.0849. The quantitative estimate of drug-likeness (QED) is 0.873. The van der Waals surface area contributed by atoms with Gasteiger partial charge in [-0.3, -0.25) is 4.68 Å². The summed E-state index contributed by atoms with van der Waals surface area (Å²) >= 11 is 0. The maximum absolute atomic E-state index is 12.8. The number of halogens is 2. The van der Waals surface area contributed by atoms with Crippen LogP contribution in [0.4, 0.5) is 8.78 Å². The van der Waals surface area contributed by atoms with Gasteiger partial charge in [-0.25, -0.2) is 23.5 Å². The Hall–Kier alpha value is -2.12. The fourth-order valence-corrected chi connectivity index (χ4v) is 1.33. The first-order valence-corrected chi connectivity index (χ1v) is 4.66. The maximum atomic E-state index is 12.8. The van der Waals surface area contributed by atoms with Gasteiger partial charge in [-0.1, -0.05) is 0 Å². The van der Waals surface area contributed by atoms with Crippen LogP contribution in [-0.2, 0) is 6.54 Å². The zero-order chi connectivity index (χ0) is 12.6. The number of hydrogen-bond acceptors (Lipinski definition) is 4. The topological polar surface area (TPSA) is 80.9 Å². The van der Waals surface area contributed by atoms with Crippen molar-refractivity contribution in [1.29, 1.82) is 0 Å². The van der Waals surface area contributed by atoms with Crippen LogP contribution in [0.25, 0.3) is 11.0 Å². The summed E-state index contributed by atoms with van der Waals surface area (Å²) in [6, 6.07) is 0. The van der Waals surface area contributed by atoms with E-state index in [9.17, 15) is 13.6 Å². The summed E-state index contributed by atoms with van der Waals surface area (Å²) in [5, 5.41) is 12.8. The molecule has 0 spiro atoms. The van der Waals surface area contributed by atoms with Gasteiger partial charge in [-0.2, -0.15) is 5.10 Å². The normalized spacial score (nSPS) is 11.9. The van der Waals surface area contributed by atoms with Crippen molar-refractivity contribution in [3.8, 4) is 0 Å². The fraction of sp³-hybridized carbons (Fsp3) is 0.333. The van der Waals surface area contributed by atoms with Crippen LogP contribution in [0, 0.1) is 0 Å². The SMILES string of the molecule is CC(F)(F)Cn1cc2cnc(C(=O)O)nc2n1. The smallest absolute Gasteiger partial charge is 0.374 e. The predicted octanol–water partition coefficient (Wildman–Crippen LogP) is 1.18. The lowest BCUT2D eigenvalue weighted by atomic mass is 10.4. The molecule has 2 aromatic rings. The Morgan fingerprint density at radius 1 is 1.59 bits per heavy atom. The van der Waals surface area contributed by atoms with Gasteiger partial charge in [0.15, 0.2) is 5.65 Å². The van der Waals surface area contributed by atoms with Gasteiger partial charge < -0.3 is 5.11 Å². The number of aromatic nitrogens is 4. The van der Waals surface area contributed by atoms with Crippen molar-refractivity contribution in [3.63, 3.8) is 0 Å². The van der Waals surface area contributed by atoms with Gasteiger partial charge in [0.1, 0.15) is 6.54 Å². The van der Waals surface area contributed by atoms with E-state index < -0.39 is 24.3 Å². The number of carbonyl (C=O) groups is 1. The van der Waals surface area contributed by atoms with Crippen LogP contribution in [-0.4, -0.2) is 36.7 Å². The summed E-state index contributed by atoms with van der Waals surface area (Å²) in [5.74, 6) is -4.60. The molecule has 0 atom stereocenters. The van der Waals surface area contributed by atoms with E-state index in [4.69, 9.17) is 5.11 Å². The second-order valence-corrected chi connectivity index (χ2v) is 3.67. The molecule has 0 aliphatic carbocycles. The van der Waals surface area contributed by atoms with Gasteiger partial charge in [0, 0.05) is 19.3 Å². The molecule has 0 saturated carbocycles. The largest absolute Gasteiger partial charge is 0.475 e. The number of aromatic carboxylic acids is 1. The molecule has 2 rings (SSSR count). The lowest BCUT2D eigenvalue weighted by Gasteiger charge is -2.08. The van der Waals surface area contributed by atoms with E-state index in [1.165, 1.54) is 12.4 Å². The van der Waals surface area contributed by atoms with Gasteiger partial charge in [0.25, 0.3) is 5.92 Å². The van der Waals surface area contributed by atoms with Crippen LogP contribution < -0.4 is 0 Å². The van der Waals surface area contributed by atoms with E-state index in [2.05, 4.69) is 15.1 Å². The Bertz CT molecular complexity index is 576. The van der Waals surface area contributed by atoms with Crippen molar-refractivity contribution >= 4 is 17.0 Å². The Balaban J connectivity index is 2.40. The molecule has 6 nitrogen and oxygen atoms in total. The van der Waals surface area contributed by atoms with Crippen LogP contribution in [0.5, 0.6) is 0 Å². The average Bonchev–Trinajstić information content (AvgIpc) is 2.54. The maximum Gasteiger partial charge on any atom is 0.374 e. The van der Waals surface area contributed by atoms with Gasteiger partial charge in [0.2, 0.25) is 5.82 Å². The summed E-state index contributed by atoms with van der Waals surface area (Å²) in [4.78, 5) is 17.8.